The fourth-order valence-corrected chi connectivity index (χ4v) is 3.05. The smallest absolute Gasteiger partial charge is 0.258 e. The second-order valence-corrected chi connectivity index (χ2v) is 6.87. The van der Waals surface area contributed by atoms with Crippen molar-refractivity contribution < 1.29 is 4.79 Å². The van der Waals surface area contributed by atoms with Crippen LogP contribution in [0.15, 0.2) is 66.2 Å². The molecule has 0 fully saturated rings. The Kier molecular flexibility index (Phi) is 9.47. The van der Waals surface area contributed by atoms with Crippen LogP contribution >= 0.6 is 0 Å². The number of nitrogens with two attached hydrogens (primary N) is 1. The monoisotopic (exact) mass is 432 g/mol. The molecule has 0 spiro atoms. The molecule has 1 amide bonds. The number of hydrogen-bond donors (Lipinski definition) is 1. The van der Waals surface area contributed by atoms with E-state index in [0.717, 1.165) is 29.5 Å². The summed E-state index contributed by atoms with van der Waals surface area (Å²) < 4.78 is 0. The molecule has 3 aromatic rings. The third-order valence-corrected chi connectivity index (χ3v) is 4.85. The molecular formula is C25H32N6O. The van der Waals surface area contributed by atoms with Crippen LogP contribution in [0.25, 0.3) is 11.1 Å². The van der Waals surface area contributed by atoms with Gasteiger partial charge in [-0.15, -0.1) is 0 Å². The van der Waals surface area contributed by atoms with Gasteiger partial charge in [-0.3, -0.25) is 14.7 Å². The highest BCUT2D eigenvalue weighted by atomic mass is 16.2. The van der Waals surface area contributed by atoms with Crippen molar-refractivity contribution >= 4 is 11.9 Å². The van der Waals surface area contributed by atoms with Crippen LogP contribution < -0.4 is 5.73 Å². The Morgan fingerprint density at radius 2 is 1.53 bits per heavy atom. The number of pyridine rings is 1. The van der Waals surface area contributed by atoms with Crippen molar-refractivity contribution in [3.63, 3.8) is 0 Å². The van der Waals surface area contributed by atoms with Crippen molar-refractivity contribution in [2.24, 2.45) is 10.7 Å². The predicted molar refractivity (Wildman–Crippen MR) is 129 cm³/mol. The lowest BCUT2D eigenvalue weighted by Gasteiger charge is -2.11. The Morgan fingerprint density at radius 1 is 0.938 bits per heavy atom. The molecule has 2 aromatic heterocycles. The van der Waals surface area contributed by atoms with Gasteiger partial charge in [0.1, 0.15) is 6.33 Å². The second kappa shape index (κ2) is 12.3. The van der Waals surface area contributed by atoms with E-state index in [2.05, 4.69) is 52.0 Å². The van der Waals surface area contributed by atoms with E-state index in [0.29, 0.717) is 0 Å². The van der Waals surface area contributed by atoms with Gasteiger partial charge in [-0.2, -0.15) is 0 Å². The summed E-state index contributed by atoms with van der Waals surface area (Å²) in [4.78, 5) is 30.0. The summed E-state index contributed by atoms with van der Waals surface area (Å²) in [5.41, 5.74) is 10.7. The summed E-state index contributed by atoms with van der Waals surface area (Å²) >= 11 is 0. The Balaban J connectivity index is 0.000000255. The Bertz CT molecular complexity index is 1020. The van der Waals surface area contributed by atoms with Crippen LogP contribution in [-0.4, -0.2) is 38.8 Å². The van der Waals surface area contributed by atoms with Crippen LogP contribution in [0.4, 0.5) is 0 Å². The molecule has 32 heavy (non-hydrogen) atoms. The number of aromatic nitrogens is 3. The average molecular weight is 433 g/mol. The first-order valence-electron chi connectivity index (χ1n) is 10.9. The highest BCUT2D eigenvalue weighted by molar-refractivity contribution is 6.04. The van der Waals surface area contributed by atoms with Gasteiger partial charge in [0.2, 0.25) is 0 Å². The molecule has 4 rings (SSSR count). The van der Waals surface area contributed by atoms with Gasteiger partial charge in [0.15, 0.2) is 12.0 Å². The Morgan fingerprint density at radius 3 is 2.06 bits per heavy atom. The Labute approximate surface area is 190 Å². The van der Waals surface area contributed by atoms with Crippen molar-refractivity contribution in [3.05, 3.63) is 78.1 Å². The normalized spacial score (nSPS) is 14.7. The van der Waals surface area contributed by atoms with Crippen LogP contribution in [0.1, 0.15) is 50.7 Å². The molecule has 168 valence electrons. The minimum absolute atomic E-state index is 0.121. The highest BCUT2D eigenvalue weighted by Crippen LogP contribution is 2.28. The van der Waals surface area contributed by atoms with Crippen molar-refractivity contribution in [2.75, 3.05) is 7.05 Å². The number of rotatable bonds is 4. The van der Waals surface area contributed by atoms with Gasteiger partial charge in [0.05, 0.1) is 0 Å². The maximum absolute atomic E-state index is 12.1. The number of amides is 1. The van der Waals surface area contributed by atoms with Gasteiger partial charge >= 0.3 is 0 Å². The van der Waals surface area contributed by atoms with Gasteiger partial charge in [-0.1, -0.05) is 52.0 Å². The summed E-state index contributed by atoms with van der Waals surface area (Å²) in [5, 5.41) is 0. The molecule has 3 heterocycles. The first kappa shape index (κ1) is 24.7. The van der Waals surface area contributed by atoms with E-state index in [9.17, 15) is 4.79 Å². The zero-order valence-corrected chi connectivity index (χ0v) is 19.5. The lowest BCUT2D eigenvalue weighted by molar-refractivity contribution is -0.126. The zero-order valence-electron chi connectivity index (χ0n) is 19.5. The van der Waals surface area contributed by atoms with Crippen molar-refractivity contribution in [2.45, 2.75) is 46.6 Å². The van der Waals surface area contributed by atoms with E-state index in [1.165, 1.54) is 22.6 Å². The molecule has 1 aromatic carbocycles. The molecule has 0 aliphatic carbocycles. The fourth-order valence-electron chi connectivity index (χ4n) is 3.05. The molecule has 1 unspecified atom stereocenters. The highest BCUT2D eigenvalue weighted by Gasteiger charge is 2.31. The average Bonchev–Trinajstić information content (AvgIpc) is 3.13. The van der Waals surface area contributed by atoms with Crippen LogP contribution in [0, 0.1) is 0 Å². The van der Waals surface area contributed by atoms with E-state index in [4.69, 9.17) is 5.73 Å². The predicted octanol–water partition coefficient (Wildman–Crippen LogP) is 4.20. The first-order valence-corrected chi connectivity index (χ1v) is 10.9. The van der Waals surface area contributed by atoms with Crippen molar-refractivity contribution in [1.82, 2.24) is 19.9 Å². The van der Waals surface area contributed by atoms with Gasteiger partial charge in [-0.05, 0) is 42.2 Å². The van der Waals surface area contributed by atoms with Gasteiger partial charge in [0, 0.05) is 36.4 Å². The molecule has 0 saturated carbocycles. The Hall–Kier alpha value is -3.61. The van der Waals surface area contributed by atoms with Gasteiger partial charge < -0.3 is 5.73 Å². The zero-order chi connectivity index (χ0) is 23.5. The number of aliphatic imine (C=N–C) groups is 1. The maximum Gasteiger partial charge on any atom is 0.258 e. The number of nitrogens with zero attached hydrogens (tertiary/aromatic N) is 5. The number of carbonyl (C=O) groups is 1. The number of benzene rings is 1. The van der Waals surface area contributed by atoms with Crippen molar-refractivity contribution in [1.29, 1.82) is 0 Å². The number of carbonyl (C=O) groups excluding carboxylic acids is 1. The summed E-state index contributed by atoms with van der Waals surface area (Å²) in [7, 11) is 1.62. The second-order valence-electron chi connectivity index (χ2n) is 6.87. The summed E-state index contributed by atoms with van der Waals surface area (Å²) in [6.07, 6.45) is 7.01. The largest absolute Gasteiger partial charge is 0.369 e. The molecule has 2 N–H and O–H groups in total. The third kappa shape index (κ3) is 6.20. The first-order chi connectivity index (χ1) is 15.5. The van der Waals surface area contributed by atoms with E-state index in [-0.39, 0.29) is 11.9 Å². The van der Waals surface area contributed by atoms with Crippen LogP contribution in [-0.2, 0) is 17.6 Å². The standard InChI is InChI=1S/C14H13N5O.C9H13N.C2H6/c1-19-13(20)12(18-14(19)15)10-4-2-3-9(5-10)11-6-16-8-17-7-11;1-3-8-6-5-7-9(4-2)10-8;1-2/h2-8,12H,1H3,(H2,15,18);5-7H,3-4H2,1-2H3;1-2H3. The van der Waals surface area contributed by atoms with E-state index >= 15 is 0 Å². The van der Waals surface area contributed by atoms with Gasteiger partial charge in [-0.25, -0.2) is 15.0 Å². The molecule has 0 radical (unpaired) electrons. The number of guanidine groups is 1. The van der Waals surface area contributed by atoms with Crippen LogP contribution in [0.2, 0.25) is 0 Å². The lowest BCUT2D eigenvalue weighted by Crippen LogP contribution is -2.34. The quantitative estimate of drug-likeness (QED) is 0.666. The van der Waals surface area contributed by atoms with Gasteiger partial charge in [0.25, 0.3) is 5.91 Å². The lowest BCUT2D eigenvalue weighted by atomic mass is 10.0. The van der Waals surface area contributed by atoms with E-state index in [1.54, 1.807) is 19.4 Å². The van der Waals surface area contributed by atoms with E-state index < -0.39 is 6.04 Å². The number of hydrogen-bond acceptors (Lipinski definition) is 6. The number of likely N-dealkylation sites (N-methyl/N-ethyl adjacent to an activating group) is 1. The molecule has 1 atom stereocenters. The minimum atomic E-state index is -0.565. The summed E-state index contributed by atoms with van der Waals surface area (Å²) in [5.74, 6) is 0.123. The van der Waals surface area contributed by atoms with Crippen molar-refractivity contribution in [3.8, 4) is 11.1 Å². The maximum atomic E-state index is 12.1. The third-order valence-electron chi connectivity index (χ3n) is 4.85. The molecule has 1 aliphatic heterocycles. The van der Waals surface area contributed by atoms with Crippen LogP contribution in [0.3, 0.4) is 0 Å². The molecule has 0 bridgehead atoms. The molecular weight excluding hydrogens is 400 g/mol. The van der Waals surface area contributed by atoms with Crippen LogP contribution in [0.5, 0.6) is 0 Å². The minimum Gasteiger partial charge on any atom is -0.369 e. The SMILES string of the molecule is CC.CCc1cccc(CC)n1.CN1C(=O)C(c2cccc(-c3cncnc3)c2)N=C1N. The topological polar surface area (TPSA) is 97.4 Å². The summed E-state index contributed by atoms with van der Waals surface area (Å²) in [6.45, 7) is 8.25. The summed E-state index contributed by atoms with van der Waals surface area (Å²) in [6, 6.07) is 13.3. The van der Waals surface area contributed by atoms with E-state index in [1.807, 2.05) is 38.1 Å². The molecule has 7 heteroatoms. The number of aryl methyl sites for hydroxylation is 2. The fraction of sp³-hybridized carbons (Fsp3) is 0.320. The molecule has 0 saturated heterocycles. The molecule has 1 aliphatic rings. The molecule has 7 nitrogen and oxygen atoms in total.